The fourth-order valence-electron chi connectivity index (χ4n) is 8.47. The third-order valence-electron chi connectivity index (χ3n) is 12.9. The van der Waals surface area contributed by atoms with Crippen molar-refractivity contribution in [2.24, 2.45) is 0 Å². The van der Waals surface area contributed by atoms with Crippen molar-refractivity contribution in [3.05, 3.63) is 154 Å². The van der Waals surface area contributed by atoms with E-state index in [2.05, 4.69) is 59.8 Å². The van der Waals surface area contributed by atoms with Gasteiger partial charge < -0.3 is 9.47 Å². The Morgan fingerprint density at radius 3 is 1.03 bits per heavy atom. The van der Waals surface area contributed by atoms with Gasteiger partial charge in [0.15, 0.2) is 11.6 Å². The number of aromatic nitrogens is 4. The summed E-state index contributed by atoms with van der Waals surface area (Å²) in [5.41, 5.74) is 7.76. The van der Waals surface area contributed by atoms with Crippen molar-refractivity contribution in [2.75, 3.05) is 0 Å². The monoisotopic (exact) mass is 981 g/mol. The third kappa shape index (κ3) is 19.8. The molecule has 0 unspecified atom stereocenters. The number of carbonyl (C=O) groups is 2. The second kappa shape index (κ2) is 32.8. The number of esters is 2. The number of benzene rings is 4. The van der Waals surface area contributed by atoms with Crippen molar-refractivity contribution in [2.45, 2.75) is 175 Å². The van der Waals surface area contributed by atoms with Crippen LogP contribution in [-0.2, 0) is 25.7 Å². The van der Waals surface area contributed by atoms with Gasteiger partial charge in [-0.25, -0.2) is 29.5 Å². The number of unbranched alkanes of at least 4 members (excludes halogenated alkanes) is 15. The molecule has 73 heavy (non-hydrogen) atoms. The average Bonchev–Trinajstić information content (AvgIpc) is 3.43. The fourth-order valence-corrected chi connectivity index (χ4v) is 8.47. The molecule has 2 aromatic heterocycles. The molecule has 0 atom stereocenters. The largest absolute Gasteiger partial charge is 0.422 e. The van der Waals surface area contributed by atoms with Crippen LogP contribution in [-0.4, -0.2) is 31.9 Å². The zero-order chi connectivity index (χ0) is 51.9. The number of hydrogen-bond acceptors (Lipinski definition) is 10. The molecule has 10 heteroatoms. The van der Waals surface area contributed by atoms with Gasteiger partial charge in [-0.1, -0.05) is 160 Å². The van der Waals surface area contributed by atoms with Crippen molar-refractivity contribution in [3.8, 4) is 46.4 Å². The molecule has 10 nitrogen and oxygen atoms in total. The van der Waals surface area contributed by atoms with E-state index in [9.17, 15) is 20.1 Å². The van der Waals surface area contributed by atoms with Gasteiger partial charge in [0.1, 0.15) is 23.6 Å². The minimum Gasteiger partial charge on any atom is -0.422 e. The van der Waals surface area contributed by atoms with Crippen LogP contribution in [0.5, 0.6) is 11.5 Å². The standard InChI is InChI=1S/C32H39N3O2.C31H37N3O2/c1-3-5-7-9-10-12-13-25-15-20-30(29(21-25)22-33)37-32(36)28-18-16-27(17-19-28)31-34-23-26(24-35-31)14-11-8-6-4-2;1-3-5-7-9-11-12-24-14-19-29(28(20-24)21-32)36-31(35)27-17-15-26(16-18-27)30-33-22-25(23-34-30)13-10-8-6-4-2/h15-21,23-24H,3-14H2,1-2H3;14-20,22-23H,3-13H2,1-2H3. The maximum absolute atomic E-state index is 12.7. The summed E-state index contributed by atoms with van der Waals surface area (Å²) in [7, 11) is 0. The highest BCUT2D eigenvalue weighted by Gasteiger charge is 2.16. The highest BCUT2D eigenvalue weighted by molar-refractivity contribution is 5.92. The van der Waals surface area contributed by atoms with Crippen LogP contribution in [0.15, 0.2) is 110 Å². The van der Waals surface area contributed by atoms with Crippen molar-refractivity contribution in [3.63, 3.8) is 0 Å². The Hall–Kier alpha value is -7.04. The van der Waals surface area contributed by atoms with E-state index in [0.29, 0.717) is 45.4 Å². The molecule has 4 aromatic carbocycles. The molecule has 0 saturated heterocycles. The lowest BCUT2D eigenvalue weighted by atomic mass is 10.0. The third-order valence-corrected chi connectivity index (χ3v) is 12.9. The normalized spacial score (nSPS) is 10.7. The lowest BCUT2D eigenvalue weighted by Gasteiger charge is -2.09. The van der Waals surface area contributed by atoms with Gasteiger partial charge in [-0.2, -0.15) is 10.5 Å². The van der Waals surface area contributed by atoms with E-state index in [0.717, 1.165) is 84.7 Å². The van der Waals surface area contributed by atoms with Gasteiger partial charge in [-0.3, -0.25) is 0 Å². The van der Waals surface area contributed by atoms with E-state index >= 15 is 0 Å². The molecule has 0 amide bonds. The molecule has 6 aromatic rings. The van der Waals surface area contributed by atoms with Crippen molar-refractivity contribution < 1.29 is 19.1 Å². The fraction of sp³-hybridized carbons (Fsp3) is 0.429. The summed E-state index contributed by atoms with van der Waals surface area (Å²) < 4.78 is 11.1. The second-order valence-corrected chi connectivity index (χ2v) is 19.0. The molecule has 0 bridgehead atoms. The van der Waals surface area contributed by atoms with Crippen molar-refractivity contribution >= 4 is 11.9 Å². The van der Waals surface area contributed by atoms with Gasteiger partial charge in [0, 0.05) is 35.9 Å². The van der Waals surface area contributed by atoms with E-state index in [4.69, 9.17) is 9.47 Å². The van der Waals surface area contributed by atoms with Gasteiger partial charge in [-0.05, 0) is 122 Å². The van der Waals surface area contributed by atoms with Crippen LogP contribution in [0.3, 0.4) is 0 Å². The molecule has 0 saturated carbocycles. The van der Waals surface area contributed by atoms with Gasteiger partial charge >= 0.3 is 11.9 Å². The molecular formula is C63H76N6O4. The summed E-state index contributed by atoms with van der Waals surface area (Å²) in [6, 6.07) is 29.5. The maximum atomic E-state index is 12.7. The number of ether oxygens (including phenoxy) is 2. The van der Waals surface area contributed by atoms with E-state index in [1.54, 1.807) is 36.4 Å². The maximum Gasteiger partial charge on any atom is 0.343 e. The highest BCUT2D eigenvalue weighted by atomic mass is 16.5. The van der Waals surface area contributed by atoms with E-state index in [1.807, 2.05) is 73.3 Å². The van der Waals surface area contributed by atoms with Gasteiger partial charge in [0.05, 0.1) is 22.3 Å². The summed E-state index contributed by atoms with van der Waals surface area (Å²) >= 11 is 0. The molecule has 0 aliphatic heterocycles. The molecule has 0 aliphatic rings. The number of carbonyl (C=O) groups excluding carboxylic acids is 2. The Kier molecular flexibility index (Phi) is 25.6. The summed E-state index contributed by atoms with van der Waals surface area (Å²) in [5.74, 6) is 0.860. The van der Waals surface area contributed by atoms with Crippen LogP contribution in [0, 0.1) is 22.7 Å². The Bertz CT molecular complexity index is 2650. The number of hydrogen-bond donors (Lipinski definition) is 0. The average molecular weight is 981 g/mol. The molecule has 0 N–H and O–H groups in total. The Labute approximate surface area is 435 Å². The molecule has 0 radical (unpaired) electrons. The van der Waals surface area contributed by atoms with Crippen LogP contribution in [0.25, 0.3) is 22.8 Å². The summed E-state index contributed by atoms with van der Waals surface area (Å²) in [5, 5.41) is 19.2. The highest BCUT2D eigenvalue weighted by Crippen LogP contribution is 2.26. The molecule has 382 valence electrons. The lowest BCUT2D eigenvalue weighted by Crippen LogP contribution is -2.09. The molecule has 0 spiro atoms. The minimum absolute atomic E-state index is 0.291. The number of rotatable bonds is 29. The van der Waals surface area contributed by atoms with Crippen molar-refractivity contribution in [1.82, 2.24) is 19.9 Å². The SMILES string of the molecule is CCCCCCCCc1ccc(OC(=O)c2ccc(-c3ncc(CCCCCC)cn3)cc2)c(C#N)c1.CCCCCCCc1ccc(OC(=O)c2ccc(-c3ncc(CCCCCC)cn3)cc2)c(C#N)c1. The number of nitriles is 2. The van der Waals surface area contributed by atoms with Gasteiger partial charge in [0.25, 0.3) is 0 Å². The zero-order valence-electron chi connectivity index (χ0n) is 44.0. The van der Waals surface area contributed by atoms with E-state index in [-0.39, 0.29) is 0 Å². The van der Waals surface area contributed by atoms with Crippen molar-refractivity contribution in [1.29, 1.82) is 10.5 Å². The first kappa shape index (κ1) is 56.9. The van der Waals surface area contributed by atoms with Gasteiger partial charge in [0.2, 0.25) is 0 Å². The Morgan fingerprint density at radius 2 is 0.699 bits per heavy atom. The predicted molar refractivity (Wildman–Crippen MR) is 292 cm³/mol. The zero-order valence-corrected chi connectivity index (χ0v) is 44.0. The number of aryl methyl sites for hydroxylation is 4. The van der Waals surface area contributed by atoms with Crippen LogP contribution in [0.2, 0.25) is 0 Å². The first-order valence-electron chi connectivity index (χ1n) is 27.1. The topological polar surface area (TPSA) is 152 Å². The smallest absolute Gasteiger partial charge is 0.343 e. The van der Waals surface area contributed by atoms with Crippen LogP contribution >= 0.6 is 0 Å². The van der Waals surface area contributed by atoms with Crippen LogP contribution in [0.4, 0.5) is 0 Å². The Morgan fingerprint density at radius 1 is 0.397 bits per heavy atom. The molecule has 6 rings (SSSR count). The first-order chi connectivity index (χ1) is 35.8. The first-order valence-corrected chi connectivity index (χ1v) is 27.1. The molecule has 0 aliphatic carbocycles. The van der Waals surface area contributed by atoms with E-state index < -0.39 is 11.9 Å². The molecule has 0 fully saturated rings. The minimum atomic E-state index is -0.492. The second-order valence-electron chi connectivity index (χ2n) is 19.0. The predicted octanol–water partition coefficient (Wildman–Crippen LogP) is 16.1. The Balaban J connectivity index is 0.000000271. The quantitative estimate of drug-likeness (QED) is 0.0252. The lowest BCUT2D eigenvalue weighted by molar-refractivity contribution is 0.0724. The molecule has 2 heterocycles. The van der Waals surface area contributed by atoms with E-state index in [1.165, 1.54) is 96.3 Å². The summed E-state index contributed by atoms with van der Waals surface area (Å²) in [4.78, 5) is 43.4. The van der Waals surface area contributed by atoms with Crippen LogP contribution < -0.4 is 9.47 Å². The van der Waals surface area contributed by atoms with Crippen LogP contribution in [0.1, 0.15) is 204 Å². The molecular weight excluding hydrogens is 905 g/mol. The summed E-state index contributed by atoms with van der Waals surface area (Å²) in [6.45, 7) is 8.84. The number of nitrogens with zero attached hydrogens (tertiary/aromatic N) is 6. The summed E-state index contributed by atoms with van der Waals surface area (Å²) in [6.07, 6.45) is 34.5. The van der Waals surface area contributed by atoms with Gasteiger partial charge in [-0.15, -0.1) is 0 Å².